The van der Waals surface area contributed by atoms with E-state index in [0.717, 1.165) is 73.7 Å². The Morgan fingerprint density at radius 1 is 1.22 bits per heavy atom. The molecule has 1 aliphatic heterocycles. The maximum absolute atomic E-state index is 5.75. The number of nitrogens with zero attached hydrogens (tertiary/aromatic N) is 1. The summed E-state index contributed by atoms with van der Waals surface area (Å²) in [7, 11) is 0. The molecule has 23 heavy (non-hydrogen) atoms. The van der Waals surface area contributed by atoms with Gasteiger partial charge in [-0.3, -0.25) is 4.90 Å². The van der Waals surface area contributed by atoms with Crippen molar-refractivity contribution in [3.05, 3.63) is 26.6 Å². The number of hydrogen-bond acceptors (Lipinski definition) is 4. The molecule has 1 heterocycles. The molecule has 130 valence electrons. The first-order valence-corrected chi connectivity index (χ1v) is 9.91. The second-order valence-corrected chi connectivity index (χ2v) is 7.43. The number of nitrogens with one attached hydrogen (secondary N) is 1. The lowest BCUT2D eigenvalue weighted by molar-refractivity contribution is 0.0374. The van der Waals surface area contributed by atoms with Crippen LogP contribution in [0.3, 0.4) is 0 Å². The van der Waals surface area contributed by atoms with Crippen molar-refractivity contribution in [1.82, 2.24) is 10.2 Å². The fourth-order valence-electron chi connectivity index (χ4n) is 2.54. The first-order chi connectivity index (χ1) is 11.2. The van der Waals surface area contributed by atoms with Gasteiger partial charge in [0, 0.05) is 19.6 Å². The fourth-order valence-corrected chi connectivity index (χ4v) is 4.05. The quantitative estimate of drug-likeness (QED) is 0.581. The Balaban J connectivity index is 1.70. The predicted octanol–water partition coefficient (Wildman–Crippen LogP) is 3.81. The Bertz CT molecular complexity index is 457. The molecule has 1 aliphatic rings. The van der Waals surface area contributed by atoms with Crippen molar-refractivity contribution >= 4 is 31.9 Å². The summed E-state index contributed by atoms with van der Waals surface area (Å²) in [6.07, 6.45) is 2.17. The van der Waals surface area contributed by atoms with Gasteiger partial charge in [-0.2, -0.15) is 0 Å². The van der Waals surface area contributed by atoms with Crippen LogP contribution in [0.25, 0.3) is 0 Å². The highest BCUT2D eigenvalue weighted by Gasteiger charge is 2.10. The molecule has 0 aromatic heterocycles. The largest absolute Gasteiger partial charge is 0.491 e. The van der Waals surface area contributed by atoms with E-state index in [1.165, 1.54) is 12.0 Å². The van der Waals surface area contributed by atoms with Crippen LogP contribution >= 0.6 is 31.9 Å². The zero-order valence-corrected chi connectivity index (χ0v) is 16.9. The van der Waals surface area contributed by atoms with E-state index in [9.17, 15) is 0 Å². The Kier molecular flexibility index (Phi) is 8.90. The summed E-state index contributed by atoms with van der Waals surface area (Å²) < 4.78 is 13.1. The minimum atomic E-state index is 0.732. The maximum Gasteiger partial charge on any atom is 0.147 e. The van der Waals surface area contributed by atoms with Gasteiger partial charge in [-0.25, -0.2) is 0 Å². The van der Waals surface area contributed by atoms with Gasteiger partial charge in [-0.1, -0.05) is 6.92 Å². The molecule has 0 saturated carbocycles. The summed E-state index contributed by atoms with van der Waals surface area (Å²) in [4.78, 5) is 2.47. The van der Waals surface area contributed by atoms with Gasteiger partial charge in [0.05, 0.1) is 28.8 Å². The highest BCUT2D eigenvalue weighted by Crippen LogP contribution is 2.34. The number of benzene rings is 1. The van der Waals surface area contributed by atoms with E-state index in [1.54, 1.807) is 0 Å². The second kappa shape index (κ2) is 10.7. The Labute approximate surface area is 156 Å². The van der Waals surface area contributed by atoms with Gasteiger partial charge in [-0.15, -0.1) is 0 Å². The van der Waals surface area contributed by atoms with Crippen molar-refractivity contribution in [2.24, 2.45) is 0 Å². The van der Waals surface area contributed by atoms with E-state index in [4.69, 9.17) is 9.47 Å². The van der Waals surface area contributed by atoms with Crippen molar-refractivity contribution in [3.63, 3.8) is 0 Å². The third-order valence-electron chi connectivity index (χ3n) is 3.77. The SMILES string of the molecule is CCCOc1c(Br)cc(CNCCCN2CCOCC2)cc1Br. The van der Waals surface area contributed by atoms with Gasteiger partial charge >= 0.3 is 0 Å². The van der Waals surface area contributed by atoms with Gasteiger partial charge in [0.15, 0.2) is 0 Å². The summed E-state index contributed by atoms with van der Waals surface area (Å²) >= 11 is 7.20. The monoisotopic (exact) mass is 448 g/mol. The van der Waals surface area contributed by atoms with Crippen LogP contribution in [0.1, 0.15) is 25.3 Å². The van der Waals surface area contributed by atoms with Gasteiger partial charge in [0.25, 0.3) is 0 Å². The molecular weight excluding hydrogens is 424 g/mol. The van der Waals surface area contributed by atoms with Crippen LogP contribution in [0.15, 0.2) is 21.1 Å². The number of hydrogen-bond donors (Lipinski definition) is 1. The second-order valence-electron chi connectivity index (χ2n) is 5.72. The average molecular weight is 450 g/mol. The van der Waals surface area contributed by atoms with Crippen molar-refractivity contribution in [2.45, 2.75) is 26.3 Å². The van der Waals surface area contributed by atoms with Crippen molar-refractivity contribution in [2.75, 3.05) is 46.0 Å². The molecule has 0 unspecified atom stereocenters. The van der Waals surface area contributed by atoms with E-state index in [2.05, 4.69) is 61.1 Å². The third-order valence-corrected chi connectivity index (χ3v) is 4.95. The van der Waals surface area contributed by atoms with Crippen LogP contribution in [-0.4, -0.2) is 50.9 Å². The molecule has 1 aromatic rings. The van der Waals surface area contributed by atoms with E-state index < -0.39 is 0 Å². The Morgan fingerprint density at radius 2 is 1.91 bits per heavy atom. The summed E-state index contributed by atoms with van der Waals surface area (Å²) in [6.45, 7) is 9.78. The number of ether oxygens (including phenoxy) is 2. The maximum atomic E-state index is 5.75. The van der Waals surface area contributed by atoms with Gasteiger partial charge in [0.1, 0.15) is 5.75 Å². The zero-order valence-electron chi connectivity index (χ0n) is 13.7. The van der Waals surface area contributed by atoms with E-state index in [1.807, 2.05) is 0 Å². The van der Waals surface area contributed by atoms with E-state index in [0.29, 0.717) is 0 Å². The third kappa shape index (κ3) is 6.70. The van der Waals surface area contributed by atoms with Gasteiger partial charge in [0.2, 0.25) is 0 Å². The minimum Gasteiger partial charge on any atom is -0.491 e. The summed E-state index contributed by atoms with van der Waals surface area (Å²) in [5.41, 5.74) is 1.25. The first kappa shape index (κ1) is 19.2. The highest BCUT2D eigenvalue weighted by molar-refractivity contribution is 9.11. The van der Waals surface area contributed by atoms with E-state index in [-0.39, 0.29) is 0 Å². The molecule has 0 aliphatic carbocycles. The molecule has 0 bridgehead atoms. The van der Waals surface area contributed by atoms with Crippen LogP contribution in [0.5, 0.6) is 5.75 Å². The van der Waals surface area contributed by atoms with Crippen molar-refractivity contribution in [3.8, 4) is 5.75 Å². The van der Waals surface area contributed by atoms with Crippen LogP contribution in [0, 0.1) is 0 Å². The van der Waals surface area contributed by atoms with Crippen LogP contribution in [-0.2, 0) is 11.3 Å². The van der Waals surface area contributed by atoms with Gasteiger partial charge < -0.3 is 14.8 Å². The van der Waals surface area contributed by atoms with Crippen LogP contribution in [0.4, 0.5) is 0 Å². The lowest BCUT2D eigenvalue weighted by Gasteiger charge is -2.26. The molecule has 1 saturated heterocycles. The number of rotatable bonds is 9. The molecule has 1 N–H and O–H groups in total. The lowest BCUT2D eigenvalue weighted by atomic mass is 10.2. The molecule has 2 rings (SSSR count). The minimum absolute atomic E-state index is 0.732. The van der Waals surface area contributed by atoms with E-state index >= 15 is 0 Å². The molecule has 4 nitrogen and oxygen atoms in total. The molecule has 0 radical (unpaired) electrons. The fraction of sp³-hybridized carbons (Fsp3) is 0.647. The van der Waals surface area contributed by atoms with Crippen LogP contribution < -0.4 is 10.1 Å². The molecule has 1 fully saturated rings. The highest BCUT2D eigenvalue weighted by atomic mass is 79.9. The first-order valence-electron chi connectivity index (χ1n) is 8.32. The molecule has 0 amide bonds. The van der Waals surface area contributed by atoms with Crippen molar-refractivity contribution < 1.29 is 9.47 Å². The summed E-state index contributed by atoms with van der Waals surface area (Å²) in [5.74, 6) is 0.892. The lowest BCUT2D eigenvalue weighted by Crippen LogP contribution is -2.37. The smallest absolute Gasteiger partial charge is 0.147 e. The van der Waals surface area contributed by atoms with Crippen molar-refractivity contribution in [1.29, 1.82) is 0 Å². The van der Waals surface area contributed by atoms with Crippen LogP contribution in [0.2, 0.25) is 0 Å². The predicted molar refractivity (Wildman–Crippen MR) is 101 cm³/mol. The average Bonchev–Trinajstić information content (AvgIpc) is 2.55. The zero-order chi connectivity index (χ0) is 16.5. The standard InChI is InChI=1S/C17H26Br2N2O2/c1-2-8-23-17-15(18)11-14(12-16(17)19)13-20-4-3-5-21-6-9-22-10-7-21/h11-12,20H,2-10,13H2,1H3. The molecular formula is C17H26Br2N2O2. The number of morpholine rings is 1. The Hall–Kier alpha value is -0.140. The summed E-state index contributed by atoms with van der Waals surface area (Å²) in [5, 5.41) is 3.52. The molecule has 0 atom stereocenters. The topological polar surface area (TPSA) is 33.7 Å². The summed E-state index contributed by atoms with van der Waals surface area (Å²) in [6, 6.07) is 4.26. The normalized spacial score (nSPS) is 15.8. The Morgan fingerprint density at radius 3 is 2.57 bits per heavy atom. The van der Waals surface area contributed by atoms with Gasteiger partial charge in [-0.05, 0) is 75.5 Å². The number of halogens is 2. The molecule has 0 spiro atoms. The molecule has 1 aromatic carbocycles. The molecule has 6 heteroatoms.